The standard InChI is InChI=1S/C53H34N4O/c54-33-34-22-24-35(25-23-34)36-26-28-37(29-27-36)41-16-11-19-45-49(41)42-31-30-40(32-46(42)53(45)43-17-7-9-20-47(43)58-48-21-10-8-18-44(48)53)52-56-50(38-12-3-1-4-13-38)55-51(57-52)39-14-5-2-6-15-39/h1-32,50H,(H,55,56,57). The third-order valence-electron chi connectivity index (χ3n) is 11.7. The van der Waals surface area contributed by atoms with Crippen LogP contribution in [0.15, 0.2) is 204 Å². The maximum atomic E-state index is 9.33. The molecule has 0 amide bonds. The van der Waals surface area contributed by atoms with E-state index in [-0.39, 0.29) is 6.17 Å². The number of nitrogens with zero attached hydrogens (tertiary/aromatic N) is 3. The first-order valence-electron chi connectivity index (χ1n) is 19.5. The zero-order chi connectivity index (χ0) is 38.6. The molecule has 1 unspecified atom stereocenters. The summed E-state index contributed by atoms with van der Waals surface area (Å²) >= 11 is 0. The summed E-state index contributed by atoms with van der Waals surface area (Å²) in [7, 11) is 0. The normalized spacial score (nSPS) is 15.3. The lowest BCUT2D eigenvalue weighted by Gasteiger charge is -2.39. The summed E-state index contributed by atoms with van der Waals surface area (Å²) in [6.07, 6.45) is -0.313. The molecule has 1 atom stereocenters. The summed E-state index contributed by atoms with van der Waals surface area (Å²) in [5.41, 5.74) is 14.4. The molecule has 3 aliphatic rings. The van der Waals surface area contributed by atoms with E-state index in [1.54, 1.807) is 0 Å². The lowest BCUT2D eigenvalue weighted by atomic mass is 9.66. The van der Waals surface area contributed by atoms with Crippen LogP contribution in [0.1, 0.15) is 50.7 Å². The molecule has 5 heteroatoms. The molecule has 0 radical (unpaired) electrons. The average molecular weight is 743 g/mol. The second kappa shape index (κ2) is 13.4. The van der Waals surface area contributed by atoms with Gasteiger partial charge in [-0.15, -0.1) is 0 Å². The van der Waals surface area contributed by atoms with Crippen LogP contribution in [0.2, 0.25) is 0 Å². The van der Waals surface area contributed by atoms with Crippen molar-refractivity contribution in [3.05, 3.63) is 239 Å². The first-order chi connectivity index (χ1) is 28.7. The van der Waals surface area contributed by atoms with Crippen LogP contribution in [0.25, 0.3) is 33.4 Å². The lowest BCUT2D eigenvalue weighted by Crippen LogP contribution is -2.34. The van der Waals surface area contributed by atoms with Gasteiger partial charge in [0, 0.05) is 22.3 Å². The highest BCUT2D eigenvalue weighted by atomic mass is 16.5. The van der Waals surface area contributed by atoms with E-state index in [9.17, 15) is 5.26 Å². The van der Waals surface area contributed by atoms with Gasteiger partial charge in [-0.2, -0.15) is 5.26 Å². The number of hydrogen-bond donors (Lipinski definition) is 1. The highest BCUT2D eigenvalue weighted by Crippen LogP contribution is 2.63. The van der Waals surface area contributed by atoms with Crippen molar-refractivity contribution in [3.8, 4) is 50.9 Å². The van der Waals surface area contributed by atoms with Gasteiger partial charge in [0.25, 0.3) is 0 Å². The SMILES string of the molecule is N#Cc1ccc(-c2ccc(-c3cccc4c3-c3ccc(C5=NC(c6ccccc6)NC(c6ccccc6)=N5)cc3C43c4ccccc4Oc4ccccc43)cc2)cc1. The zero-order valence-electron chi connectivity index (χ0n) is 31.3. The van der Waals surface area contributed by atoms with E-state index >= 15 is 0 Å². The van der Waals surface area contributed by atoms with Crippen LogP contribution in [-0.4, -0.2) is 11.7 Å². The van der Waals surface area contributed by atoms with Crippen molar-refractivity contribution in [1.29, 1.82) is 5.26 Å². The second-order valence-corrected chi connectivity index (χ2v) is 14.8. The predicted molar refractivity (Wildman–Crippen MR) is 231 cm³/mol. The molecule has 5 nitrogen and oxygen atoms in total. The molecule has 2 heterocycles. The van der Waals surface area contributed by atoms with Gasteiger partial charge in [-0.3, -0.25) is 0 Å². The molecule has 1 N–H and O–H groups in total. The van der Waals surface area contributed by atoms with Crippen LogP contribution in [0.3, 0.4) is 0 Å². The molecule has 8 aromatic carbocycles. The Morgan fingerprint density at radius 3 is 1.78 bits per heavy atom. The lowest BCUT2D eigenvalue weighted by molar-refractivity contribution is 0.436. The largest absolute Gasteiger partial charge is 0.457 e. The van der Waals surface area contributed by atoms with E-state index in [0.29, 0.717) is 11.4 Å². The first-order valence-corrected chi connectivity index (χ1v) is 19.5. The van der Waals surface area contributed by atoms with E-state index in [1.807, 2.05) is 60.7 Å². The number of nitrogens with one attached hydrogen (secondary N) is 1. The van der Waals surface area contributed by atoms with Crippen LogP contribution >= 0.6 is 0 Å². The van der Waals surface area contributed by atoms with E-state index in [4.69, 9.17) is 14.7 Å². The highest BCUT2D eigenvalue weighted by molar-refractivity contribution is 6.13. The van der Waals surface area contributed by atoms with E-state index in [2.05, 4.69) is 145 Å². The van der Waals surface area contributed by atoms with Gasteiger partial charge in [0.15, 0.2) is 5.84 Å². The Morgan fingerprint density at radius 2 is 1.09 bits per heavy atom. The number of nitriles is 1. The van der Waals surface area contributed by atoms with E-state index < -0.39 is 5.41 Å². The predicted octanol–water partition coefficient (Wildman–Crippen LogP) is 11.9. The topological polar surface area (TPSA) is 69.8 Å². The number of rotatable bonds is 5. The molecule has 0 aromatic heterocycles. The maximum absolute atomic E-state index is 9.33. The van der Waals surface area contributed by atoms with Crippen molar-refractivity contribution in [2.45, 2.75) is 11.6 Å². The Bertz CT molecular complexity index is 2950. The quantitative estimate of drug-likeness (QED) is 0.191. The minimum atomic E-state index is -0.678. The minimum absolute atomic E-state index is 0.313. The number of fused-ring (bicyclic) bond motifs is 9. The highest BCUT2D eigenvalue weighted by Gasteiger charge is 2.51. The van der Waals surface area contributed by atoms with Crippen molar-refractivity contribution < 1.29 is 4.74 Å². The van der Waals surface area contributed by atoms with Crippen LogP contribution < -0.4 is 10.1 Å². The second-order valence-electron chi connectivity index (χ2n) is 14.8. The summed E-state index contributed by atoms with van der Waals surface area (Å²) in [6, 6.07) is 69.8. The monoisotopic (exact) mass is 742 g/mol. The molecule has 2 aliphatic heterocycles. The fraction of sp³-hybridized carbons (Fsp3) is 0.0377. The molecular weight excluding hydrogens is 709 g/mol. The van der Waals surface area contributed by atoms with Gasteiger partial charge in [0.05, 0.1) is 17.0 Å². The molecule has 58 heavy (non-hydrogen) atoms. The van der Waals surface area contributed by atoms with Gasteiger partial charge in [-0.25, -0.2) is 9.98 Å². The van der Waals surface area contributed by atoms with Crippen LogP contribution in [0, 0.1) is 11.3 Å². The summed E-state index contributed by atoms with van der Waals surface area (Å²) in [5.74, 6) is 3.14. The Morgan fingerprint density at radius 1 is 0.500 bits per heavy atom. The van der Waals surface area contributed by atoms with Gasteiger partial charge in [0.1, 0.15) is 23.5 Å². The van der Waals surface area contributed by atoms with Gasteiger partial charge < -0.3 is 10.1 Å². The summed E-state index contributed by atoms with van der Waals surface area (Å²) < 4.78 is 6.68. The number of aliphatic imine (C=N–C) groups is 2. The van der Waals surface area contributed by atoms with Gasteiger partial charge in [-0.05, 0) is 80.4 Å². The molecule has 0 bridgehead atoms. The molecule has 11 rings (SSSR count). The maximum Gasteiger partial charge on any atom is 0.159 e. The first kappa shape index (κ1) is 33.5. The Labute approximate surface area is 336 Å². The van der Waals surface area contributed by atoms with Gasteiger partial charge in [-0.1, -0.05) is 164 Å². The number of para-hydroxylation sites is 2. The van der Waals surface area contributed by atoms with Crippen molar-refractivity contribution in [2.24, 2.45) is 9.98 Å². The summed E-state index contributed by atoms with van der Waals surface area (Å²) in [4.78, 5) is 10.5. The molecule has 1 aliphatic carbocycles. The van der Waals surface area contributed by atoms with E-state index in [1.165, 1.54) is 22.3 Å². The van der Waals surface area contributed by atoms with E-state index in [0.717, 1.165) is 67.4 Å². The molecule has 0 saturated heterocycles. The summed E-state index contributed by atoms with van der Waals surface area (Å²) in [6.45, 7) is 0. The Kier molecular flexibility index (Phi) is 7.77. The number of benzene rings is 8. The average Bonchev–Trinajstić information content (AvgIpc) is 3.59. The van der Waals surface area contributed by atoms with Crippen molar-refractivity contribution in [2.75, 3.05) is 0 Å². The molecule has 8 aromatic rings. The fourth-order valence-corrected chi connectivity index (χ4v) is 9.03. The van der Waals surface area contributed by atoms with Crippen molar-refractivity contribution in [3.63, 3.8) is 0 Å². The van der Waals surface area contributed by atoms with Crippen LogP contribution in [0.5, 0.6) is 11.5 Å². The third-order valence-corrected chi connectivity index (χ3v) is 11.7. The zero-order valence-corrected chi connectivity index (χ0v) is 31.3. The minimum Gasteiger partial charge on any atom is -0.457 e. The molecule has 0 fully saturated rings. The van der Waals surface area contributed by atoms with Crippen molar-refractivity contribution >= 4 is 11.7 Å². The molecular formula is C53H34N4O. The van der Waals surface area contributed by atoms with Crippen LogP contribution in [-0.2, 0) is 5.41 Å². The third kappa shape index (κ3) is 5.23. The van der Waals surface area contributed by atoms with Crippen LogP contribution in [0.4, 0.5) is 0 Å². The Hall–Kier alpha value is -7.81. The molecule has 272 valence electrons. The van der Waals surface area contributed by atoms with Gasteiger partial charge >= 0.3 is 0 Å². The van der Waals surface area contributed by atoms with Crippen molar-refractivity contribution in [1.82, 2.24) is 5.32 Å². The fourth-order valence-electron chi connectivity index (χ4n) is 9.03. The summed E-state index contributed by atoms with van der Waals surface area (Å²) in [5, 5.41) is 12.9. The van der Waals surface area contributed by atoms with Gasteiger partial charge in [0.2, 0.25) is 0 Å². The number of ether oxygens (including phenoxy) is 1. The molecule has 1 spiro atoms. The Balaban J connectivity index is 1.14. The smallest absolute Gasteiger partial charge is 0.159 e. The molecule has 0 saturated carbocycles. The number of amidine groups is 2. The number of hydrogen-bond acceptors (Lipinski definition) is 5.